The summed E-state index contributed by atoms with van der Waals surface area (Å²) in [7, 11) is 0. The van der Waals surface area contributed by atoms with Crippen molar-refractivity contribution in [1.29, 1.82) is 0 Å². The Kier molecular flexibility index (Phi) is 6.28. The van der Waals surface area contributed by atoms with Gasteiger partial charge in [-0.3, -0.25) is 0 Å². The third-order valence-corrected chi connectivity index (χ3v) is 5.44. The Balaban J connectivity index is 1.69. The molecule has 2 aromatic carbocycles. The fourth-order valence-electron chi connectivity index (χ4n) is 3.89. The molecule has 1 aliphatic rings. The van der Waals surface area contributed by atoms with Crippen LogP contribution in [-0.4, -0.2) is 0 Å². The highest BCUT2D eigenvalue weighted by Gasteiger charge is 2.18. The lowest BCUT2D eigenvalue weighted by Crippen LogP contribution is -2.14. The average Bonchev–Trinajstić information content (AvgIpc) is 2.66. The summed E-state index contributed by atoms with van der Waals surface area (Å²) in [5, 5.41) is 0. The first-order valence-electron chi connectivity index (χ1n) is 9.73. The van der Waals surface area contributed by atoms with Gasteiger partial charge in [0.1, 0.15) is 0 Å². The van der Waals surface area contributed by atoms with Crippen LogP contribution in [0, 0.1) is 5.92 Å². The number of aryl methyl sites for hydroxylation is 2. The van der Waals surface area contributed by atoms with Crippen molar-refractivity contribution in [2.45, 2.75) is 51.9 Å². The maximum absolute atomic E-state index is 3.86. The number of hydrogen-bond acceptors (Lipinski definition) is 0. The summed E-state index contributed by atoms with van der Waals surface area (Å²) in [5.41, 5.74) is 7.25. The van der Waals surface area contributed by atoms with Crippen molar-refractivity contribution >= 4 is 0 Å². The Hall–Kier alpha value is -2.08. The summed E-state index contributed by atoms with van der Waals surface area (Å²) in [6, 6.07) is 16.2. The molecule has 0 bridgehead atoms. The molecule has 0 amide bonds. The van der Waals surface area contributed by atoms with Crippen LogP contribution in [0.15, 0.2) is 67.3 Å². The van der Waals surface area contributed by atoms with Crippen LogP contribution < -0.4 is 0 Å². The molecule has 0 N–H and O–H groups in total. The molecule has 3 rings (SSSR count). The van der Waals surface area contributed by atoms with Gasteiger partial charge in [0.2, 0.25) is 0 Å². The van der Waals surface area contributed by atoms with Gasteiger partial charge in [0, 0.05) is 0 Å². The van der Waals surface area contributed by atoms with Crippen molar-refractivity contribution in [3.8, 4) is 11.1 Å². The van der Waals surface area contributed by atoms with E-state index in [-0.39, 0.29) is 0 Å². The van der Waals surface area contributed by atoms with Crippen LogP contribution >= 0.6 is 0 Å². The first kappa shape index (κ1) is 17.7. The minimum Gasteiger partial charge on any atom is -0.103 e. The van der Waals surface area contributed by atoms with Gasteiger partial charge in [-0.15, -0.1) is 6.58 Å². The Morgan fingerprint density at radius 3 is 2.56 bits per heavy atom. The van der Waals surface area contributed by atoms with Crippen molar-refractivity contribution in [2.75, 3.05) is 0 Å². The third-order valence-electron chi connectivity index (χ3n) is 5.44. The van der Waals surface area contributed by atoms with E-state index < -0.39 is 0 Å². The van der Waals surface area contributed by atoms with E-state index in [9.17, 15) is 0 Å². The Bertz CT molecular complexity index is 718. The van der Waals surface area contributed by atoms with Crippen molar-refractivity contribution in [3.05, 3.63) is 84.0 Å². The van der Waals surface area contributed by atoms with Gasteiger partial charge in [0.15, 0.2) is 0 Å². The molecule has 130 valence electrons. The summed E-state index contributed by atoms with van der Waals surface area (Å²) in [4.78, 5) is 0. The van der Waals surface area contributed by atoms with Crippen LogP contribution in [0.2, 0.25) is 0 Å². The van der Waals surface area contributed by atoms with E-state index in [0.717, 1.165) is 25.2 Å². The maximum Gasteiger partial charge on any atom is -0.0181 e. The predicted octanol–water partition coefficient (Wildman–Crippen LogP) is 6.93. The van der Waals surface area contributed by atoms with Gasteiger partial charge in [0.05, 0.1) is 0 Å². The molecule has 0 saturated carbocycles. The normalized spacial score (nSPS) is 16.8. The van der Waals surface area contributed by atoms with E-state index in [2.05, 4.69) is 74.2 Å². The standard InChI is InChI=1S/C25H30/c1-3-5-7-9-20-10-13-22(14-11-20)24-17-16-23-18-21(8-6-4-2)12-15-25(23)19-24/h3-5,10-11,13-14,16-17,19,21H,2,6-9,12,15,18H2,1H3/b5-3+. The molecule has 0 heteroatoms. The van der Waals surface area contributed by atoms with Crippen LogP contribution in [0.3, 0.4) is 0 Å². The molecule has 0 nitrogen and oxygen atoms in total. The zero-order valence-electron chi connectivity index (χ0n) is 15.5. The molecule has 0 aliphatic heterocycles. The summed E-state index contributed by atoms with van der Waals surface area (Å²) in [5.74, 6) is 0.841. The number of hydrogen-bond donors (Lipinski definition) is 0. The van der Waals surface area contributed by atoms with E-state index in [1.807, 2.05) is 0 Å². The monoisotopic (exact) mass is 330 g/mol. The van der Waals surface area contributed by atoms with Crippen LogP contribution in [0.5, 0.6) is 0 Å². The second-order valence-corrected chi connectivity index (χ2v) is 7.26. The quantitative estimate of drug-likeness (QED) is 0.483. The molecule has 2 aromatic rings. The predicted molar refractivity (Wildman–Crippen MR) is 110 cm³/mol. The fraction of sp³-hybridized carbons (Fsp3) is 0.360. The van der Waals surface area contributed by atoms with E-state index in [1.54, 1.807) is 11.1 Å². The van der Waals surface area contributed by atoms with Crippen molar-refractivity contribution in [2.24, 2.45) is 5.92 Å². The first-order valence-corrected chi connectivity index (χ1v) is 9.73. The maximum atomic E-state index is 3.86. The zero-order chi connectivity index (χ0) is 17.5. The van der Waals surface area contributed by atoms with E-state index in [1.165, 1.54) is 42.4 Å². The molecular formula is C25H30. The highest BCUT2D eigenvalue weighted by atomic mass is 14.2. The van der Waals surface area contributed by atoms with Gasteiger partial charge in [-0.2, -0.15) is 0 Å². The lowest BCUT2D eigenvalue weighted by molar-refractivity contribution is 0.431. The summed E-state index contributed by atoms with van der Waals surface area (Å²) in [6.45, 7) is 5.94. The zero-order valence-corrected chi connectivity index (χ0v) is 15.5. The molecule has 25 heavy (non-hydrogen) atoms. The number of fused-ring (bicyclic) bond motifs is 1. The Morgan fingerprint density at radius 2 is 1.80 bits per heavy atom. The molecule has 1 unspecified atom stereocenters. The minimum absolute atomic E-state index is 0.841. The first-order chi connectivity index (χ1) is 12.3. The van der Waals surface area contributed by atoms with Gasteiger partial charge in [-0.25, -0.2) is 0 Å². The highest BCUT2D eigenvalue weighted by molar-refractivity contribution is 5.65. The molecule has 1 atom stereocenters. The lowest BCUT2D eigenvalue weighted by atomic mass is 9.80. The second-order valence-electron chi connectivity index (χ2n) is 7.26. The summed E-state index contributed by atoms with van der Waals surface area (Å²) < 4.78 is 0. The number of allylic oxidation sites excluding steroid dienone is 3. The Labute approximate surface area is 153 Å². The third kappa shape index (κ3) is 4.72. The summed E-state index contributed by atoms with van der Waals surface area (Å²) in [6.07, 6.45) is 14.9. The SMILES string of the molecule is C=CCCC1CCc2cc(-c3ccc(CC/C=C/C)cc3)ccc2C1. The van der Waals surface area contributed by atoms with Crippen LogP contribution in [0.25, 0.3) is 11.1 Å². The Morgan fingerprint density at radius 1 is 1.00 bits per heavy atom. The van der Waals surface area contributed by atoms with Gasteiger partial charge in [0.25, 0.3) is 0 Å². The molecule has 0 saturated heterocycles. The molecule has 0 spiro atoms. The van der Waals surface area contributed by atoms with Crippen molar-refractivity contribution in [3.63, 3.8) is 0 Å². The molecule has 1 aliphatic carbocycles. The summed E-state index contributed by atoms with van der Waals surface area (Å²) >= 11 is 0. The van der Waals surface area contributed by atoms with Gasteiger partial charge >= 0.3 is 0 Å². The van der Waals surface area contributed by atoms with Crippen molar-refractivity contribution < 1.29 is 0 Å². The average molecular weight is 331 g/mol. The van der Waals surface area contributed by atoms with Gasteiger partial charge < -0.3 is 0 Å². The highest BCUT2D eigenvalue weighted by Crippen LogP contribution is 2.32. The fourth-order valence-corrected chi connectivity index (χ4v) is 3.89. The van der Waals surface area contributed by atoms with Gasteiger partial charge in [-0.1, -0.05) is 60.7 Å². The lowest BCUT2D eigenvalue weighted by Gasteiger charge is -2.25. The number of benzene rings is 2. The molecule has 0 heterocycles. The molecule has 0 radical (unpaired) electrons. The largest absolute Gasteiger partial charge is 0.103 e. The van der Waals surface area contributed by atoms with E-state index in [0.29, 0.717) is 0 Å². The number of rotatable bonds is 7. The van der Waals surface area contributed by atoms with E-state index in [4.69, 9.17) is 0 Å². The smallest absolute Gasteiger partial charge is 0.0181 e. The molecule has 0 aromatic heterocycles. The van der Waals surface area contributed by atoms with Gasteiger partial charge in [-0.05, 0) is 85.6 Å². The van der Waals surface area contributed by atoms with Crippen LogP contribution in [-0.2, 0) is 19.3 Å². The van der Waals surface area contributed by atoms with Crippen LogP contribution in [0.4, 0.5) is 0 Å². The molecular weight excluding hydrogens is 300 g/mol. The van der Waals surface area contributed by atoms with E-state index >= 15 is 0 Å². The van der Waals surface area contributed by atoms with Crippen molar-refractivity contribution in [1.82, 2.24) is 0 Å². The minimum atomic E-state index is 0.841. The topological polar surface area (TPSA) is 0 Å². The molecule has 0 fully saturated rings. The second kappa shape index (κ2) is 8.85. The van der Waals surface area contributed by atoms with Crippen LogP contribution in [0.1, 0.15) is 49.3 Å².